The van der Waals surface area contributed by atoms with Crippen molar-refractivity contribution in [2.24, 2.45) is 0 Å². The van der Waals surface area contributed by atoms with Crippen molar-refractivity contribution < 1.29 is 38.5 Å². The molecule has 62 heavy (non-hydrogen) atoms. The van der Waals surface area contributed by atoms with Crippen LogP contribution < -0.4 is 0 Å². The molecule has 13 nitrogen and oxygen atoms in total. The van der Waals surface area contributed by atoms with Gasteiger partial charge in [-0.05, 0) is 117 Å². The summed E-state index contributed by atoms with van der Waals surface area (Å²) >= 11 is 0. The maximum absolute atomic E-state index is 13.3. The Bertz CT molecular complexity index is 2500. The normalized spacial score (nSPS) is 13.8. The molecule has 0 saturated heterocycles. The van der Waals surface area contributed by atoms with E-state index in [9.17, 15) is 24.3 Å². The number of ether oxygens (including phenoxy) is 3. The van der Waals surface area contributed by atoms with E-state index in [1.54, 1.807) is 0 Å². The number of aliphatic carboxylic acids is 1. The van der Waals surface area contributed by atoms with E-state index in [0.717, 1.165) is 84.4 Å². The average molecular weight is 844 g/mol. The van der Waals surface area contributed by atoms with E-state index in [0.29, 0.717) is 96.1 Å². The Labute approximate surface area is 362 Å². The predicted octanol–water partition coefficient (Wildman–Crippen LogP) is 8.83. The molecular formula is C49H57N5O8. The monoisotopic (exact) mass is 843 g/mol. The molecule has 0 unspecified atom stereocenters. The summed E-state index contributed by atoms with van der Waals surface area (Å²) in [6.45, 7) is 19.3. The Balaban J connectivity index is 1.10. The average Bonchev–Trinajstić information content (AvgIpc) is 3.99. The highest BCUT2D eigenvalue weighted by Crippen LogP contribution is 2.38. The molecule has 8 bridgehead atoms. The fourth-order valence-corrected chi connectivity index (χ4v) is 7.97. The van der Waals surface area contributed by atoms with E-state index in [-0.39, 0.29) is 24.0 Å². The molecule has 3 aromatic heterocycles. The number of hydrogen-bond acceptors (Lipinski definition) is 9. The molecule has 6 rings (SSSR count). The first-order chi connectivity index (χ1) is 29.9. The van der Waals surface area contributed by atoms with Gasteiger partial charge in [0.05, 0.1) is 49.2 Å². The second-order valence-corrected chi connectivity index (χ2v) is 15.7. The van der Waals surface area contributed by atoms with Gasteiger partial charge in [-0.2, -0.15) is 0 Å². The van der Waals surface area contributed by atoms with E-state index in [2.05, 4.69) is 43.0 Å². The van der Waals surface area contributed by atoms with E-state index in [4.69, 9.17) is 24.2 Å². The first-order valence-electron chi connectivity index (χ1n) is 21.3. The molecule has 3 aliphatic rings. The van der Waals surface area contributed by atoms with E-state index in [1.165, 1.54) is 17.1 Å². The van der Waals surface area contributed by atoms with Crippen LogP contribution in [0.3, 0.4) is 0 Å². The number of ketones is 1. The van der Waals surface area contributed by atoms with Gasteiger partial charge in [-0.15, -0.1) is 0 Å². The molecule has 0 atom stereocenters. The van der Waals surface area contributed by atoms with Gasteiger partial charge >= 0.3 is 5.97 Å². The smallest absolute Gasteiger partial charge is 0.303 e. The predicted molar refractivity (Wildman–Crippen MR) is 244 cm³/mol. The third-order valence-corrected chi connectivity index (χ3v) is 11.6. The number of carboxylic acids is 1. The van der Waals surface area contributed by atoms with Gasteiger partial charge in [-0.3, -0.25) is 24.1 Å². The lowest BCUT2D eigenvalue weighted by Gasteiger charge is -2.13. The summed E-state index contributed by atoms with van der Waals surface area (Å²) in [5, 5.41) is 9.65. The number of hydrogen-bond donors (Lipinski definition) is 3. The Morgan fingerprint density at radius 2 is 1.11 bits per heavy atom. The van der Waals surface area contributed by atoms with Crippen LogP contribution >= 0.6 is 0 Å². The summed E-state index contributed by atoms with van der Waals surface area (Å²) in [6.07, 6.45) is 9.85. The molecule has 0 saturated carbocycles. The van der Waals surface area contributed by atoms with Crippen LogP contribution in [0.4, 0.5) is 0 Å². The number of amides is 2. The summed E-state index contributed by atoms with van der Waals surface area (Å²) in [4.78, 5) is 66.8. The number of imide groups is 1. The summed E-state index contributed by atoms with van der Waals surface area (Å²) in [7, 11) is 0. The Morgan fingerprint density at radius 1 is 0.629 bits per heavy atom. The number of nitrogens with one attached hydrogen (secondary N) is 2. The Hall–Kier alpha value is -6.02. The molecule has 2 amide bonds. The molecule has 0 radical (unpaired) electrons. The van der Waals surface area contributed by atoms with E-state index < -0.39 is 5.97 Å². The van der Waals surface area contributed by atoms with Crippen molar-refractivity contribution in [1.82, 2.24) is 24.8 Å². The quantitative estimate of drug-likeness (QED) is 0.0618. The lowest BCUT2D eigenvalue weighted by molar-refractivity contribution is -0.138. The number of fused-ring (bicyclic) bond motifs is 8. The van der Waals surface area contributed by atoms with Crippen molar-refractivity contribution in [1.29, 1.82) is 0 Å². The van der Waals surface area contributed by atoms with Crippen LogP contribution in [0.2, 0.25) is 0 Å². The van der Waals surface area contributed by atoms with Crippen molar-refractivity contribution in [3.8, 4) is 0 Å². The molecule has 3 N–H and O–H groups in total. The van der Waals surface area contributed by atoms with Gasteiger partial charge in [0.25, 0.3) is 11.8 Å². The molecule has 0 aromatic carbocycles. The van der Waals surface area contributed by atoms with E-state index in [1.807, 2.05) is 44.2 Å². The van der Waals surface area contributed by atoms with Gasteiger partial charge in [0.2, 0.25) is 0 Å². The lowest BCUT2D eigenvalue weighted by atomic mass is 9.97. The van der Waals surface area contributed by atoms with Gasteiger partial charge in [-0.1, -0.05) is 25.3 Å². The maximum Gasteiger partial charge on any atom is 0.303 e. The second-order valence-electron chi connectivity index (χ2n) is 15.7. The van der Waals surface area contributed by atoms with Crippen LogP contribution in [0.1, 0.15) is 110 Å². The number of aromatic amines is 2. The highest BCUT2D eigenvalue weighted by atomic mass is 16.5. The number of carbonyl (C=O) groups is 4. The molecule has 0 aliphatic carbocycles. The van der Waals surface area contributed by atoms with E-state index >= 15 is 0 Å². The zero-order chi connectivity index (χ0) is 44.3. The molecular weight excluding hydrogens is 787 g/mol. The molecule has 0 fully saturated rings. The van der Waals surface area contributed by atoms with Gasteiger partial charge < -0.3 is 29.3 Å². The topological polar surface area (TPSA) is 177 Å². The largest absolute Gasteiger partial charge is 0.481 e. The minimum atomic E-state index is -0.883. The summed E-state index contributed by atoms with van der Waals surface area (Å²) in [5.74, 6) is -1.29. The number of aryl methyl sites for hydroxylation is 2. The molecule has 0 spiro atoms. The molecule has 3 aromatic rings. The van der Waals surface area contributed by atoms with Crippen LogP contribution in [-0.4, -0.2) is 99.7 Å². The number of nitrogens with zero attached hydrogens (tertiary/aromatic N) is 3. The summed E-state index contributed by atoms with van der Waals surface area (Å²) in [6, 6.07) is 8.08. The fraction of sp³-hybridized carbons (Fsp3) is 0.388. The number of Topliss-reactive ketones (excluding diaryl/α,β-unsaturated/α-hetero) is 1. The zero-order valence-corrected chi connectivity index (χ0v) is 36.3. The molecule has 6 heterocycles. The first kappa shape index (κ1) is 45.5. The van der Waals surface area contributed by atoms with Crippen LogP contribution in [0.5, 0.6) is 0 Å². The fourth-order valence-electron chi connectivity index (χ4n) is 7.97. The highest BCUT2D eigenvalue weighted by molar-refractivity contribution is 6.12. The van der Waals surface area contributed by atoms with Gasteiger partial charge in [0.1, 0.15) is 5.78 Å². The van der Waals surface area contributed by atoms with Crippen molar-refractivity contribution >= 4 is 80.1 Å². The number of H-pyrrole nitrogens is 2. The Morgan fingerprint density at radius 3 is 1.66 bits per heavy atom. The standard InChI is InChI=1S/C49H57N5O8/c1-7-35-30(3)39-26-40-32(5)37(14-13-34(55)12-9-10-20-60-22-24-62-25-23-61-21-11-19-54-47(56)16-17-48(54)57)45(52-40)29-46-38(15-18-49(58)59)33(6)42(53-46)28-44-36(8-2)31(4)41(51-44)27-43(35)50-39/h7-8,16-17,26-29,50-51H,1-2,9-15,18-25H2,3-6H3,(H,58,59). The van der Waals surface area contributed by atoms with Gasteiger partial charge in [0.15, 0.2) is 0 Å². The van der Waals surface area contributed by atoms with Crippen LogP contribution in [0.15, 0.2) is 49.6 Å². The third kappa shape index (κ3) is 10.9. The van der Waals surface area contributed by atoms with Crippen LogP contribution in [0.25, 0.3) is 56.5 Å². The minimum absolute atomic E-state index is 0.0382. The first-order valence-corrected chi connectivity index (χ1v) is 21.3. The minimum Gasteiger partial charge on any atom is -0.481 e. The van der Waals surface area contributed by atoms with Gasteiger partial charge in [-0.25, -0.2) is 9.97 Å². The number of rotatable bonds is 23. The molecule has 3 aliphatic heterocycles. The molecule has 326 valence electrons. The van der Waals surface area contributed by atoms with Crippen molar-refractivity contribution in [3.63, 3.8) is 0 Å². The maximum atomic E-state index is 13.3. The molecule has 13 heteroatoms. The number of carbonyl (C=O) groups excluding carboxylic acids is 3. The van der Waals surface area contributed by atoms with Crippen molar-refractivity contribution in [2.45, 2.75) is 79.1 Å². The summed E-state index contributed by atoms with van der Waals surface area (Å²) < 4.78 is 16.8. The third-order valence-electron chi connectivity index (χ3n) is 11.6. The number of allylic oxidation sites excluding steroid dienone is 4. The number of carboxylic acid groups (broad SMARTS) is 1. The number of unbranched alkanes of at least 4 members (excludes halogenated alkanes) is 1. The lowest BCUT2D eigenvalue weighted by Crippen LogP contribution is -2.31. The Kier molecular flexibility index (Phi) is 15.5. The van der Waals surface area contributed by atoms with Gasteiger partial charge in [0, 0.05) is 84.4 Å². The van der Waals surface area contributed by atoms with Crippen LogP contribution in [-0.2, 0) is 33.4 Å². The van der Waals surface area contributed by atoms with Crippen molar-refractivity contribution in [3.05, 3.63) is 94.6 Å². The summed E-state index contributed by atoms with van der Waals surface area (Å²) in [5.41, 5.74) is 14.2. The SMILES string of the molecule is C=Cc1c(C)c2cc3[nH]c(cc4nc(cc5nc(cc1[nH]2)C(C)=C5CCC(=O)O)C(CCC(=O)CCCCOCCOCCOCCCN1C(=O)C=CC1=O)=C4C)c(C)c3C=C. The highest BCUT2D eigenvalue weighted by Gasteiger charge is 2.24. The number of aromatic nitrogens is 4. The zero-order valence-electron chi connectivity index (χ0n) is 36.3. The second kappa shape index (κ2) is 21.2. The van der Waals surface area contributed by atoms with Crippen molar-refractivity contribution in [2.75, 3.05) is 46.2 Å². The van der Waals surface area contributed by atoms with Crippen LogP contribution in [0, 0.1) is 13.8 Å².